The third-order valence-corrected chi connectivity index (χ3v) is 7.02. The maximum absolute atomic E-state index is 13.0. The number of carbonyl (C=O) groups excluding carboxylic acids is 1. The van der Waals surface area contributed by atoms with Crippen LogP contribution in [0.5, 0.6) is 0 Å². The van der Waals surface area contributed by atoms with Crippen LogP contribution in [0.3, 0.4) is 0 Å². The fraction of sp³-hybridized carbons (Fsp3) is 0.480. The number of halogens is 1. The Morgan fingerprint density at radius 3 is 2.52 bits per heavy atom. The van der Waals surface area contributed by atoms with E-state index in [-0.39, 0.29) is 5.91 Å². The van der Waals surface area contributed by atoms with Gasteiger partial charge in [-0.15, -0.1) is 0 Å². The Morgan fingerprint density at radius 1 is 1.10 bits per heavy atom. The molecule has 0 saturated carbocycles. The molecule has 2 aromatic rings. The molecule has 2 aliphatic heterocycles. The van der Waals surface area contributed by atoms with Crippen LogP contribution in [-0.4, -0.2) is 69.1 Å². The number of hydrogen-bond acceptors (Lipinski definition) is 4. The minimum Gasteiger partial charge on any atom is -0.385 e. The van der Waals surface area contributed by atoms with E-state index < -0.39 is 0 Å². The third kappa shape index (κ3) is 5.16. The lowest BCUT2D eigenvalue weighted by Gasteiger charge is -2.22. The topological polar surface area (TPSA) is 38.8 Å². The minimum absolute atomic E-state index is 0.172. The van der Waals surface area contributed by atoms with Crippen molar-refractivity contribution in [2.24, 2.45) is 11.8 Å². The maximum atomic E-state index is 13.0. The molecule has 5 nitrogen and oxygen atoms in total. The highest BCUT2D eigenvalue weighted by Crippen LogP contribution is 2.32. The molecule has 31 heavy (non-hydrogen) atoms. The van der Waals surface area contributed by atoms with E-state index in [2.05, 4.69) is 27.2 Å². The zero-order valence-electron chi connectivity index (χ0n) is 18.8. The average Bonchev–Trinajstić information content (AvgIpc) is 3.32. The Balaban J connectivity index is 1.21. The number of hydrogen-bond donors (Lipinski definition) is 1. The van der Waals surface area contributed by atoms with Gasteiger partial charge in [-0.1, -0.05) is 23.7 Å². The number of nitrogens with zero attached hydrogens (tertiary/aromatic N) is 3. The molecule has 2 atom stereocenters. The molecule has 2 aliphatic rings. The molecule has 0 bridgehead atoms. The van der Waals surface area contributed by atoms with Gasteiger partial charge in [-0.2, -0.15) is 0 Å². The summed E-state index contributed by atoms with van der Waals surface area (Å²) in [5, 5.41) is 4.28. The van der Waals surface area contributed by atoms with Crippen LogP contribution in [0, 0.1) is 18.8 Å². The van der Waals surface area contributed by atoms with Crippen LogP contribution in [0.2, 0.25) is 5.02 Å². The van der Waals surface area contributed by atoms with Crippen LogP contribution in [0.1, 0.15) is 22.3 Å². The summed E-state index contributed by atoms with van der Waals surface area (Å²) in [6.45, 7) is 8.02. The van der Waals surface area contributed by atoms with E-state index in [9.17, 15) is 4.79 Å². The molecule has 2 heterocycles. The predicted molar refractivity (Wildman–Crippen MR) is 129 cm³/mol. The van der Waals surface area contributed by atoms with Gasteiger partial charge in [0, 0.05) is 68.8 Å². The number of fused-ring (bicyclic) bond motifs is 1. The van der Waals surface area contributed by atoms with Gasteiger partial charge in [-0.3, -0.25) is 4.79 Å². The Morgan fingerprint density at radius 2 is 1.84 bits per heavy atom. The highest BCUT2D eigenvalue weighted by atomic mass is 35.5. The standard InChI is InChI=1S/C25H33ClN4O/c1-18-8-9-22(13-24(18)26)27-10-5-11-29-14-20-16-30(17-21(20)15-29)25(31)19-6-4-7-23(12-19)28(2)3/h4,6-9,12-13,20-21,27H,5,10-11,14-17H2,1-3H3. The van der Waals surface area contributed by atoms with Crippen molar-refractivity contribution in [1.82, 2.24) is 9.80 Å². The molecule has 0 radical (unpaired) electrons. The van der Waals surface area contributed by atoms with Crippen molar-refractivity contribution in [2.75, 3.05) is 63.6 Å². The first kappa shape index (κ1) is 22.0. The molecule has 1 N–H and O–H groups in total. The quantitative estimate of drug-likeness (QED) is 0.654. The predicted octanol–water partition coefficient (Wildman–Crippen LogP) is 4.22. The van der Waals surface area contributed by atoms with Gasteiger partial charge >= 0.3 is 0 Å². The molecule has 6 heteroatoms. The molecule has 0 aromatic heterocycles. The van der Waals surface area contributed by atoms with Crippen molar-refractivity contribution < 1.29 is 4.79 Å². The van der Waals surface area contributed by atoms with Gasteiger partial charge in [-0.05, 0) is 67.6 Å². The Labute approximate surface area is 191 Å². The van der Waals surface area contributed by atoms with Crippen molar-refractivity contribution in [3.8, 4) is 0 Å². The Hall–Kier alpha value is -2.24. The maximum Gasteiger partial charge on any atom is 0.253 e. The monoisotopic (exact) mass is 440 g/mol. The van der Waals surface area contributed by atoms with Crippen LogP contribution in [0.15, 0.2) is 42.5 Å². The van der Waals surface area contributed by atoms with E-state index in [0.717, 1.165) is 73.2 Å². The summed E-state index contributed by atoms with van der Waals surface area (Å²) in [5.41, 5.74) is 4.05. The van der Waals surface area contributed by atoms with Crippen molar-refractivity contribution in [3.05, 3.63) is 58.6 Å². The first-order chi connectivity index (χ1) is 14.9. The summed E-state index contributed by atoms with van der Waals surface area (Å²) in [4.78, 5) is 19.7. The molecule has 166 valence electrons. The van der Waals surface area contributed by atoms with Gasteiger partial charge in [0.2, 0.25) is 0 Å². The number of likely N-dealkylation sites (tertiary alicyclic amines) is 2. The zero-order valence-corrected chi connectivity index (χ0v) is 19.5. The molecule has 2 unspecified atom stereocenters. The Bertz CT molecular complexity index is 917. The molecular weight excluding hydrogens is 408 g/mol. The molecule has 1 amide bonds. The lowest BCUT2D eigenvalue weighted by atomic mass is 10.0. The molecule has 2 aromatic carbocycles. The zero-order chi connectivity index (χ0) is 22.0. The number of anilines is 2. The van der Waals surface area contributed by atoms with Crippen LogP contribution >= 0.6 is 11.6 Å². The first-order valence-electron chi connectivity index (χ1n) is 11.2. The largest absolute Gasteiger partial charge is 0.385 e. The Kier molecular flexibility index (Phi) is 6.73. The normalized spacial score (nSPS) is 20.7. The van der Waals surface area contributed by atoms with Gasteiger partial charge < -0.3 is 20.0 Å². The average molecular weight is 441 g/mol. The smallest absolute Gasteiger partial charge is 0.253 e. The van der Waals surface area contributed by atoms with E-state index in [1.54, 1.807) is 0 Å². The number of benzene rings is 2. The fourth-order valence-electron chi connectivity index (χ4n) is 4.78. The lowest BCUT2D eigenvalue weighted by molar-refractivity contribution is 0.0774. The van der Waals surface area contributed by atoms with Gasteiger partial charge in [0.25, 0.3) is 5.91 Å². The van der Waals surface area contributed by atoms with Gasteiger partial charge in [0.05, 0.1) is 0 Å². The summed E-state index contributed by atoms with van der Waals surface area (Å²) >= 11 is 6.20. The highest BCUT2D eigenvalue weighted by molar-refractivity contribution is 6.31. The summed E-state index contributed by atoms with van der Waals surface area (Å²) in [6.07, 6.45) is 1.10. The summed E-state index contributed by atoms with van der Waals surface area (Å²) in [6, 6.07) is 14.1. The number of aryl methyl sites for hydroxylation is 1. The summed E-state index contributed by atoms with van der Waals surface area (Å²) < 4.78 is 0. The fourth-order valence-corrected chi connectivity index (χ4v) is 4.96. The second kappa shape index (κ2) is 9.49. The summed E-state index contributed by atoms with van der Waals surface area (Å²) in [7, 11) is 4.01. The second-order valence-electron chi connectivity index (χ2n) is 9.18. The van der Waals surface area contributed by atoms with Crippen molar-refractivity contribution in [2.45, 2.75) is 13.3 Å². The number of carbonyl (C=O) groups is 1. The van der Waals surface area contributed by atoms with E-state index in [0.29, 0.717) is 11.8 Å². The van der Waals surface area contributed by atoms with E-state index in [1.807, 2.05) is 56.3 Å². The molecule has 0 aliphatic carbocycles. The second-order valence-corrected chi connectivity index (χ2v) is 9.59. The minimum atomic E-state index is 0.172. The van der Waals surface area contributed by atoms with E-state index >= 15 is 0 Å². The third-order valence-electron chi connectivity index (χ3n) is 6.61. The van der Waals surface area contributed by atoms with Gasteiger partial charge in [-0.25, -0.2) is 0 Å². The molecule has 0 spiro atoms. The highest BCUT2D eigenvalue weighted by Gasteiger charge is 2.41. The van der Waals surface area contributed by atoms with Crippen LogP contribution in [0.25, 0.3) is 0 Å². The van der Waals surface area contributed by atoms with E-state index in [4.69, 9.17) is 11.6 Å². The van der Waals surface area contributed by atoms with Crippen molar-refractivity contribution in [1.29, 1.82) is 0 Å². The van der Waals surface area contributed by atoms with E-state index in [1.165, 1.54) is 0 Å². The van der Waals surface area contributed by atoms with Gasteiger partial charge in [0.1, 0.15) is 0 Å². The molecule has 2 fully saturated rings. The SMILES string of the molecule is Cc1ccc(NCCCN2CC3CN(C(=O)c4cccc(N(C)C)c4)CC3C2)cc1Cl. The number of amides is 1. The number of nitrogens with one attached hydrogen (secondary N) is 1. The molecule has 4 rings (SSSR count). The van der Waals surface area contributed by atoms with Crippen LogP contribution < -0.4 is 10.2 Å². The molecule has 2 saturated heterocycles. The van der Waals surface area contributed by atoms with Crippen molar-refractivity contribution in [3.63, 3.8) is 0 Å². The van der Waals surface area contributed by atoms with Crippen LogP contribution in [0.4, 0.5) is 11.4 Å². The first-order valence-corrected chi connectivity index (χ1v) is 11.6. The number of rotatable bonds is 7. The summed E-state index contributed by atoms with van der Waals surface area (Å²) in [5.74, 6) is 1.38. The van der Waals surface area contributed by atoms with Crippen LogP contribution in [-0.2, 0) is 0 Å². The lowest BCUT2D eigenvalue weighted by Crippen LogP contribution is -2.34. The van der Waals surface area contributed by atoms with Crippen molar-refractivity contribution >= 4 is 28.9 Å². The van der Waals surface area contributed by atoms with Gasteiger partial charge in [0.15, 0.2) is 0 Å². The molecular formula is C25H33ClN4O.